The van der Waals surface area contributed by atoms with E-state index in [0.717, 1.165) is 0 Å². The normalized spacial score (nSPS) is 12.4. The molecule has 0 aliphatic heterocycles. The number of aromatic amines is 1. The molecule has 0 saturated heterocycles. The average molecular weight is 280 g/mol. The molecule has 0 spiro atoms. The van der Waals surface area contributed by atoms with Crippen molar-refractivity contribution >= 4 is 21.4 Å². The second kappa shape index (κ2) is 5.11. The van der Waals surface area contributed by atoms with Crippen molar-refractivity contribution in [1.82, 2.24) is 10.2 Å². The van der Waals surface area contributed by atoms with Crippen LogP contribution < -0.4 is 4.72 Å². The molecule has 0 radical (unpaired) electrons. The van der Waals surface area contributed by atoms with Crippen LogP contribution in [0.4, 0.5) is 5.69 Å². The van der Waals surface area contributed by atoms with Crippen LogP contribution in [-0.4, -0.2) is 29.5 Å². The first kappa shape index (κ1) is 13.1. The number of nitrogens with one attached hydrogen (secondary N) is 2. The standard InChI is InChI=1S/C11H12N4O3S/c1-8(14-16)9-3-2-4-10(5-9)15-19(17,18)11-6-12-13-7-11/h2-7,15-16H,1H3,(H,12,13)/b14-8+. The van der Waals surface area contributed by atoms with Gasteiger partial charge in [0, 0.05) is 17.4 Å². The van der Waals surface area contributed by atoms with Crippen LogP contribution in [0.25, 0.3) is 0 Å². The minimum atomic E-state index is -3.67. The number of oxime groups is 1. The average Bonchev–Trinajstić information content (AvgIpc) is 2.92. The molecular weight excluding hydrogens is 268 g/mol. The molecule has 3 N–H and O–H groups in total. The van der Waals surface area contributed by atoms with E-state index < -0.39 is 10.0 Å². The van der Waals surface area contributed by atoms with Gasteiger partial charge in [0.25, 0.3) is 10.0 Å². The molecule has 8 heteroatoms. The molecule has 1 heterocycles. The number of benzene rings is 1. The van der Waals surface area contributed by atoms with Gasteiger partial charge >= 0.3 is 0 Å². The van der Waals surface area contributed by atoms with Crippen LogP contribution in [0.5, 0.6) is 0 Å². The number of rotatable bonds is 4. The van der Waals surface area contributed by atoms with Crippen molar-refractivity contribution in [2.75, 3.05) is 4.72 Å². The summed E-state index contributed by atoms with van der Waals surface area (Å²) < 4.78 is 26.3. The van der Waals surface area contributed by atoms with E-state index in [1.807, 2.05) is 0 Å². The molecule has 7 nitrogen and oxygen atoms in total. The third kappa shape index (κ3) is 2.91. The Bertz CT molecular complexity index is 692. The number of aromatic nitrogens is 2. The Balaban J connectivity index is 2.30. The van der Waals surface area contributed by atoms with E-state index in [-0.39, 0.29) is 4.90 Å². The van der Waals surface area contributed by atoms with Crippen molar-refractivity contribution < 1.29 is 13.6 Å². The van der Waals surface area contributed by atoms with E-state index in [4.69, 9.17) is 5.21 Å². The van der Waals surface area contributed by atoms with E-state index in [9.17, 15) is 8.42 Å². The predicted molar refractivity (Wildman–Crippen MR) is 69.8 cm³/mol. The van der Waals surface area contributed by atoms with E-state index in [1.54, 1.807) is 31.2 Å². The minimum Gasteiger partial charge on any atom is -0.411 e. The third-order valence-corrected chi connectivity index (χ3v) is 3.81. The monoisotopic (exact) mass is 280 g/mol. The minimum absolute atomic E-state index is 0.0467. The highest BCUT2D eigenvalue weighted by Gasteiger charge is 2.15. The smallest absolute Gasteiger partial charge is 0.265 e. The molecule has 100 valence electrons. The molecule has 0 amide bonds. The van der Waals surface area contributed by atoms with Crippen molar-refractivity contribution in [3.8, 4) is 0 Å². The van der Waals surface area contributed by atoms with Gasteiger partial charge in [-0.05, 0) is 19.1 Å². The summed E-state index contributed by atoms with van der Waals surface area (Å²) in [5.41, 5.74) is 1.39. The SMILES string of the molecule is C/C(=N\O)c1cccc(NS(=O)(=O)c2cn[nH]c2)c1. The van der Waals surface area contributed by atoms with Crippen LogP contribution in [-0.2, 0) is 10.0 Å². The number of anilines is 1. The topological polar surface area (TPSA) is 107 Å². The molecule has 0 saturated carbocycles. The lowest BCUT2D eigenvalue weighted by molar-refractivity contribution is 0.319. The van der Waals surface area contributed by atoms with Gasteiger partial charge in [-0.25, -0.2) is 8.42 Å². The van der Waals surface area contributed by atoms with E-state index in [2.05, 4.69) is 20.1 Å². The summed E-state index contributed by atoms with van der Waals surface area (Å²) in [6, 6.07) is 6.56. The van der Waals surface area contributed by atoms with E-state index in [0.29, 0.717) is 17.0 Å². The molecule has 2 rings (SSSR count). The van der Waals surface area contributed by atoms with Crippen molar-refractivity contribution in [2.45, 2.75) is 11.8 Å². The zero-order valence-electron chi connectivity index (χ0n) is 10.0. The van der Waals surface area contributed by atoms with Crippen LogP contribution in [0.15, 0.2) is 46.7 Å². The number of H-pyrrole nitrogens is 1. The summed E-state index contributed by atoms with van der Waals surface area (Å²) in [7, 11) is -3.67. The van der Waals surface area contributed by atoms with Gasteiger partial charge in [0.15, 0.2) is 0 Å². The molecule has 0 atom stereocenters. The van der Waals surface area contributed by atoms with Gasteiger partial charge in [-0.2, -0.15) is 5.10 Å². The van der Waals surface area contributed by atoms with Gasteiger partial charge in [0.2, 0.25) is 0 Å². The maximum absolute atomic E-state index is 12.0. The van der Waals surface area contributed by atoms with Gasteiger partial charge in [-0.3, -0.25) is 9.82 Å². The first-order chi connectivity index (χ1) is 9.03. The lowest BCUT2D eigenvalue weighted by Crippen LogP contribution is -2.12. The molecule has 0 aliphatic carbocycles. The fourth-order valence-corrected chi connectivity index (χ4v) is 2.42. The Hall–Kier alpha value is -2.35. The van der Waals surface area contributed by atoms with Crippen molar-refractivity contribution in [1.29, 1.82) is 0 Å². The number of nitrogens with zero attached hydrogens (tertiary/aromatic N) is 2. The van der Waals surface area contributed by atoms with Crippen LogP contribution in [0.1, 0.15) is 12.5 Å². The second-order valence-corrected chi connectivity index (χ2v) is 5.49. The Morgan fingerprint density at radius 3 is 2.89 bits per heavy atom. The summed E-state index contributed by atoms with van der Waals surface area (Å²) in [5, 5.41) is 17.8. The summed E-state index contributed by atoms with van der Waals surface area (Å²) in [4.78, 5) is 0.0467. The number of hydrogen-bond donors (Lipinski definition) is 3. The maximum Gasteiger partial charge on any atom is 0.265 e. The summed E-state index contributed by atoms with van der Waals surface area (Å²) in [6.07, 6.45) is 2.50. The van der Waals surface area contributed by atoms with Crippen LogP contribution in [0.3, 0.4) is 0 Å². The number of sulfonamides is 1. The highest BCUT2D eigenvalue weighted by Crippen LogP contribution is 2.16. The zero-order chi connectivity index (χ0) is 13.9. The lowest BCUT2D eigenvalue weighted by Gasteiger charge is -2.07. The highest BCUT2D eigenvalue weighted by molar-refractivity contribution is 7.92. The first-order valence-corrected chi connectivity index (χ1v) is 6.82. The lowest BCUT2D eigenvalue weighted by atomic mass is 10.1. The summed E-state index contributed by atoms with van der Waals surface area (Å²) in [6.45, 7) is 1.61. The molecule has 1 aromatic carbocycles. The quantitative estimate of drug-likeness (QED) is 0.447. The van der Waals surface area contributed by atoms with Crippen molar-refractivity contribution in [3.63, 3.8) is 0 Å². The van der Waals surface area contributed by atoms with E-state index in [1.165, 1.54) is 12.4 Å². The molecule has 0 unspecified atom stereocenters. The fourth-order valence-electron chi connectivity index (χ4n) is 1.47. The van der Waals surface area contributed by atoms with Gasteiger partial charge in [-0.15, -0.1) is 0 Å². The van der Waals surface area contributed by atoms with Gasteiger partial charge in [0.05, 0.1) is 11.9 Å². The van der Waals surface area contributed by atoms with E-state index >= 15 is 0 Å². The summed E-state index contributed by atoms with van der Waals surface area (Å²) >= 11 is 0. The molecule has 19 heavy (non-hydrogen) atoms. The largest absolute Gasteiger partial charge is 0.411 e. The van der Waals surface area contributed by atoms with Crippen LogP contribution in [0, 0.1) is 0 Å². The second-order valence-electron chi connectivity index (χ2n) is 3.81. The summed E-state index contributed by atoms with van der Waals surface area (Å²) in [5.74, 6) is 0. The van der Waals surface area contributed by atoms with Crippen LogP contribution >= 0.6 is 0 Å². The fraction of sp³-hybridized carbons (Fsp3) is 0.0909. The Kier molecular flexibility index (Phi) is 3.52. The predicted octanol–water partition coefficient (Wildman–Crippen LogP) is 1.41. The highest BCUT2D eigenvalue weighted by atomic mass is 32.2. The van der Waals surface area contributed by atoms with Gasteiger partial charge in [0.1, 0.15) is 4.90 Å². The van der Waals surface area contributed by atoms with Gasteiger partial charge < -0.3 is 5.21 Å². The number of hydrogen-bond acceptors (Lipinski definition) is 5. The molecule has 0 fully saturated rings. The Labute approximate surface area is 110 Å². The molecule has 1 aromatic heterocycles. The van der Waals surface area contributed by atoms with Crippen LogP contribution in [0.2, 0.25) is 0 Å². The Morgan fingerprint density at radius 2 is 2.26 bits per heavy atom. The molecule has 0 aliphatic rings. The van der Waals surface area contributed by atoms with Crippen molar-refractivity contribution in [2.24, 2.45) is 5.16 Å². The molecule has 0 bridgehead atoms. The Morgan fingerprint density at radius 1 is 1.47 bits per heavy atom. The molecule has 2 aromatic rings. The maximum atomic E-state index is 12.0. The zero-order valence-corrected chi connectivity index (χ0v) is 10.8. The molecular formula is C11H12N4O3S. The first-order valence-electron chi connectivity index (χ1n) is 5.33. The van der Waals surface area contributed by atoms with Gasteiger partial charge in [-0.1, -0.05) is 17.3 Å². The van der Waals surface area contributed by atoms with Crippen molar-refractivity contribution in [3.05, 3.63) is 42.2 Å². The third-order valence-electron chi connectivity index (χ3n) is 2.47.